The second kappa shape index (κ2) is 16.4. The second-order valence-corrected chi connectivity index (χ2v) is 3.79. The molecule has 0 bridgehead atoms. The van der Waals surface area contributed by atoms with Gasteiger partial charge < -0.3 is 16.0 Å². The minimum absolute atomic E-state index is 0. The number of carboxylic acid groups (broad SMARTS) is 1. The van der Waals surface area contributed by atoms with Gasteiger partial charge in [0.1, 0.15) is 0 Å². The van der Waals surface area contributed by atoms with Crippen molar-refractivity contribution in [3.63, 3.8) is 0 Å². The fraction of sp³-hybridized carbons (Fsp3) is 0.571. The van der Waals surface area contributed by atoms with E-state index in [4.69, 9.17) is 9.84 Å². The molecular formula is C14H27NO4. The van der Waals surface area contributed by atoms with E-state index in [0.29, 0.717) is 12.5 Å². The summed E-state index contributed by atoms with van der Waals surface area (Å²) in [6.07, 6.45) is 6.68. The van der Waals surface area contributed by atoms with Crippen LogP contribution in [0.2, 0.25) is 0 Å². The zero-order chi connectivity index (χ0) is 14.4. The maximum Gasteiger partial charge on any atom is 0.330 e. The number of ether oxygens (including phenoxy) is 1. The number of carbonyl (C=O) groups excluding carboxylic acids is 1. The monoisotopic (exact) mass is 273 g/mol. The van der Waals surface area contributed by atoms with Crippen molar-refractivity contribution in [1.29, 1.82) is 0 Å². The largest absolute Gasteiger partial charge is 0.478 e. The second-order valence-electron chi connectivity index (χ2n) is 3.79. The molecule has 4 N–H and O–H groups in total. The summed E-state index contributed by atoms with van der Waals surface area (Å²) in [6.45, 7) is 11.2. The number of carboxylic acids is 1. The van der Waals surface area contributed by atoms with E-state index in [1.807, 2.05) is 0 Å². The van der Waals surface area contributed by atoms with Gasteiger partial charge in [-0.2, -0.15) is 0 Å². The molecule has 0 saturated heterocycles. The molecule has 0 heterocycles. The van der Waals surface area contributed by atoms with Gasteiger partial charge in [0.15, 0.2) is 0 Å². The molecular weight excluding hydrogens is 246 g/mol. The van der Waals surface area contributed by atoms with E-state index in [9.17, 15) is 9.59 Å². The van der Waals surface area contributed by atoms with Gasteiger partial charge >= 0.3 is 11.9 Å². The van der Waals surface area contributed by atoms with E-state index in [2.05, 4.69) is 27.0 Å². The molecule has 1 atom stereocenters. The summed E-state index contributed by atoms with van der Waals surface area (Å²) in [6, 6.07) is 0. The number of hydrogen-bond acceptors (Lipinski definition) is 4. The number of hydrogen-bond donors (Lipinski definition) is 2. The number of rotatable bonds is 8. The lowest BCUT2D eigenvalue weighted by atomic mass is 10.0. The molecule has 19 heavy (non-hydrogen) atoms. The van der Waals surface area contributed by atoms with Crippen LogP contribution in [0.25, 0.3) is 0 Å². The Morgan fingerprint density at radius 1 is 1.26 bits per heavy atom. The first-order valence-corrected chi connectivity index (χ1v) is 6.16. The van der Waals surface area contributed by atoms with Crippen molar-refractivity contribution >= 4 is 11.9 Å². The molecule has 0 aromatic rings. The summed E-state index contributed by atoms with van der Waals surface area (Å²) in [5, 5.41) is 7.60. The molecule has 0 aliphatic heterocycles. The maximum absolute atomic E-state index is 10.8. The quantitative estimate of drug-likeness (QED) is 0.522. The Bertz CT molecular complexity index is 264. The summed E-state index contributed by atoms with van der Waals surface area (Å²) in [7, 11) is 0. The average molecular weight is 273 g/mol. The molecule has 0 radical (unpaired) electrons. The molecule has 0 aliphatic rings. The van der Waals surface area contributed by atoms with Crippen molar-refractivity contribution in [2.24, 2.45) is 5.92 Å². The highest BCUT2D eigenvalue weighted by Crippen LogP contribution is 2.12. The van der Waals surface area contributed by atoms with Crippen molar-refractivity contribution in [3.8, 4) is 0 Å². The van der Waals surface area contributed by atoms with Gasteiger partial charge in [-0.25, -0.2) is 9.59 Å². The van der Waals surface area contributed by atoms with E-state index >= 15 is 0 Å². The van der Waals surface area contributed by atoms with Crippen LogP contribution < -0.4 is 6.15 Å². The molecule has 112 valence electrons. The van der Waals surface area contributed by atoms with Crippen LogP contribution in [0.3, 0.4) is 0 Å². The third-order valence-electron chi connectivity index (χ3n) is 2.35. The van der Waals surface area contributed by atoms with Crippen molar-refractivity contribution in [2.75, 3.05) is 6.61 Å². The lowest BCUT2D eigenvalue weighted by Crippen LogP contribution is -2.12. The molecule has 5 heteroatoms. The molecule has 0 aromatic heterocycles. The zero-order valence-corrected chi connectivity index (χ0v) is 12.1. The van der Waals surface area contributed by atoms with Gasteiger partial charge in [0, 0.05) is 12.2 Å². The zero-order valence-electron chi connectivity index (χ0n) is 12.1. The van der Waals surface area contributed by atoms with E-state index < -0.39 is 5.97 Å². The molecule has 5 nitrogen and oxygen atoms in total. The van der Waals surface area contributed by atoms with Gasteiger partial charge in [0.05, 0.1) is 6.61 Å². The molecule has 0 amide bonds. The summed E-state index contributed by atoms with van der Waals surface area (Å²) in [5.74, 6) is -0.774. The van der Waals surface area contributed by atoms with Crippen LogP contribution in [0.4, 0.5) is 0 Å². The van der Waals surface area contributed by atoms with Gasteiger partial charge in [0.2, 0.25) is 0 Å². The summed E-state index contributed by atoms with van der Waals surface area (Å²) in [4.78, 5) is 20.0. The van der Waals surface area contributed by atoms with E-state index in [1.54, 1.807) is 0 Å². The Hall–Kier alpha value is -1.62. The molecule has 0 aliphatic carbocycles. The minimum atomic E-state index is -0.981. The topological polar surface area (TPSA) is 98.6 Å². The molecule has 0 fully saturated rings. The Kier molecular flexibility index (Phi) is 19.4. The van der Waals surface area contributed by atoms with Crippen LogP contribution in [0.1, 0.15) is 39.5 Å². The highest BCUT2D eigenvalue weighted by atomic mass is 16.5. The normalized spacial score (nSPS) is 10.0. The SMILES string of the molecule is C=CC(=O)O.C=CC(=O)OCC(CC)CCCC.N. The first-order chi connectivity index (χ1) is 8.51. The van der Waals surface area contributed by atoms with Crippen molar-refractivity contribution < 1.29 is 19.4 Å². The minimum Gasteiger partial charge on any atom is -0.478 e. The fourth-order valence-electron chi connectivity index (χ4n) is 1.16. The first kappa shape index (κ1) is 22.6. The number of carbonyl (C=O) groups is 2. The van der Waals surface area contributed by atoms with Gasteiger partial charge in [0.25, 0.3) is 0 Å². The smallest absolute Gasteiger partial charge is 0.330 e. The molecule has 0 spiro atoms. The van der Waals surface area contributed by atoms with Gasteiger partial charge in [-0.05, 0) is 12.3 Å². The van der Waals surface area contributed by atoms with E-state index in [0.717, 1.165) is 18.9 Å². The first-order valence-electron chi connectivity index (χ1n) is 6.16. The van der Waals surface area contributed by atoms with Gasteiger partial charge in [-0.15, -0.1) is 0 Å². The standard InChI is InChI=1S/C11H20O2.C3H4O2.H3N/c1-4-7-8-10(5-2)9-13-11(12)6-3;1-2-3(4)5;/h6,10H,3-5,7-9H2,1-2H3;2H,1H2,(H,4,5);1H3. The number of esters is 1. The fourth-order valence-corrected chi connectivity index (χ4v) is 1.16. The predicted molar refractivity (Wildman–Crippen MR) is 77.3 cm³/mol. The number of aliphatic carboxylic acids is 1. The van der Waals surface area contributed by atoms with E-state index in [1.165, 1.54) is 18.9 Å². The average Bonchev–Trinajstić information content (AvgIpc) is 2.39. The van der Waals surface area contributed by atoms with Crippen LogP contribution in [0.5, 0.6) is 0 Å². The van der Waals surface area contributed by atoms with Crippen LogP contribution in [0, 0.1) is 5.92 Å². The van der Waals surface area contributed by atoms with Crippen LogP contribution >= 0.6 is 0 Å². The molecule has 1 unspecified atom stereocenters. The lowest BCUT2D eigenvalue weighted by molar-refractivity contribution is -0.139. The van der Waals surface area contributed by atoms with Gasteiger partial charge in [-0.1, -0.05) is 46.3 Å². The Balaban J connectivity index is -0.000000366. The predicted octanol–water partition coefficient (Wildman–Crippen LogP) is 3.35. The summed E-state index contributed by atoms with van der Waals surface area (Å²) < 4.78 is 4.98. The van der Waals surface area contributed by atoms with E-state index in [-0.39, 0.29) is 12.1 Å². The lowest BCUT2D eigenvalue weighted by Gasteiger charge is -2.13. The van der Waals surface area contributed by atoms with Crippen LogP contribution in [-0.4, -0.2) is 23.7 Å². The molecule has 0 rings (SSSR count). The Labute approximate surface area is 115 Å². The van der Waals surface area contributed by atoms with Crippen LogP contribution in [0.15, 0.2) is 25.3 Å². The third kappa shape index (κ3) is 18.9. The summed E-state index contributed by atoms with van der Waals surface area (Å²) in [5.41, 5.74) is 0. The van der Waals surface area contributed by atoms with Crippen molar-refractivity contribution in [3.05, 3.63) is 25.3 Å². The van der Waals surface area contributed by atoms with Crippen molar-refractivity contribution in [1.82, 2.24) is 6.15 Å². The summed E-state index contributed by atoms with van der Waals surface area (Å²) >= 11 is 0. The Morgan fingerprint density at radius 2 is 1.79 bits per heavy atom. The van der Waals surface area contributed by atoms with Crippen molar-refractivity contribution in [2.45, 2.75) is 39.5 Å². The number of unbranched alkanes of at least 4 members (excludes halogenated alkanes) is 1. The van der Waals surface area contributed by atoms with Gasteiger partial charge in [-0.3, -0.25) is 0 Å². The Morgan fingerprint density at radius 3 is 2.11 bits per heavy atom. The highest BCUT2D eigenvalue weighted by molar-refractivity contribution is 5.81. The highest BCUT2D eigenvalue weighted by Gasteiger charge is 2.07. The maximum atomic E-state index is 10.8. The molecule has 0 saturated carbocycles. The molecule has 0 aromatic carbocycles. The third-order valence-corrected chi connectivity index (χ3v) is 2.35. The van der Waals surface area contributed by atoms with Crippen LogP contribution in [-0.2, 0) is 14.3 Å².